The van der Waals surface area contributed by atoms with Crippen LogP contribution in [0.3, 0.4) is 0 Å². The van der Waals surface area contributed by atoms with Crippen LogP contribution in [0, 0.1) is 0 Å². The monoisotopic (exact) mass is 400 g/mol. The molecule has 0 heterocycles. The molecule has 0 aliphatic rings. The van der Waals surface area contributed by atoms with Gasteiger partial charge in [0.25, 0.3) is 0 Å². The minimum absolute atomic E-state index is 0.116. The maximum absolute atomic E-state index is 11.1. The summed E-state index contributed by atoms with van der Waals surface area (Å²) in [4.78, 5) is 0. The lowest BCUT2D eigenvalue weighted by Crippen LogP contribution is -2.18. The highest BCUT2D eigenvalue weighted by atomic mass is 16.3. The van der Waals surface area contributed by atoms with Gasteiger partial charge in [0.15, 0.2) is 0 Å². The highest BCUT2D eigenvalue weighted by Gasteiger charge is 2.28. The summed E-state index contributed by atoms with van der Waals surface area (Å²) in [5, 5.41) is 11.1. The van der Waals surface area contributed by atoms with Crippen LogP contribution in [0.1, 0.15) is 83.1 Å². The molecule has 0 aromatic heterocycles. The molecule has 0 amide bonds. The number of phenols is 1. The lowest BCUT2D eigenvalue weighted by Gasteiger charge is -2.30. The average molecular weight is 401 g/mol. The number of aromatic hydroxyl groups is 1. The van der Waals surface area contributed by atoms with Gasteiger partial charge in [-0.25, -0.2) is 0 Å². The summed E-state index contributed by atoms with van der Waals surface area (Å²) < 4.78 is 0. The Bertz CT molecular complexity index is 948. The SMILES string of the molecule is CCC(c1ccc(-c2ccccc2)cc1)c1cc(C(C)(C)C)c(O)c(C(C)(C)C)c1. The number of benzene rings is 3. The zero-order valence-electron chi connectivity index (χ0n) is 19.6. The van der Waals surface area contributed by atoms with Crippen molar-refractivity contribution >= 4 is 0 Å². The Labute approximate surface area is 182 Å². The van der Waals surface area contributed by atoms with Crippen molar-refractivity contribution in [2.45, 2.75) is 71.6 Å². The second kappa shape index (κ2) is 8.30. The van der Waals surface area contributed by atoms with E-state index in [1.165, 1.54) is 22.3 Å². The summed E-state index contributed by atoms with van der Waals surface area (Å²) in [5.41, 5.74) is 6.93. The van der Waals surface area contributed by atoms with Crippen molar-refractivity contribution in [3.63, 3.8) is 0 Å². The fraction of sp³-hybridized carbons (Fsp3) is 0.379. The standard InChI is InChI=1S/C29H36O/c1-8-24(22-16-14-21(15-17-22)20-12-10-9-11-13-20)23-18-25(28(2,3)4)27(30)26(19-23)29(5,6)7/h9-19,24,30H,8H2,1-7H3. The summed E-state index contributed by atoms with van der Waals surface area (Å²) >= 11 is 0. The molecule has 1 nitrogen and oxygen atoms in total. The quantitative estimate of drug-likeness (QED) is 0.468. The smallest absolute Gasteiger partial charge is 0.123 e. The van der Waals surface area contributed by atoms with E-state index >= 15 is 0 Å². The molecule has 0 radical (unpaired) electrons. The molecule has 0 bridgehead atoms. The minimum atomic E-state index is -0.116. The molecule has 158 valence electrons. The van der Waals surface area contributed by atoms with Gasteiger partial charge in [0.2, 0.25) is 0 Å². The molecule has 3 rings (SSSR count). The Balaban J connectivity index is 2.08. The van der Waals surface area contributed by atoms with Crippen LogP contribution in [-0.2, 0) is 10.8 Å². The highest BCUT2D eigenvalue weighted by Crippen LogP contribution is 2.42. The molecule has 1 unspecified atom stereocenters. The molecule has 3 aromatic rings. The van der Waals surface area contributed by atoms with Crippen molar-refractivity contribution < 1.29 is 5.11 Å². The first-order valence-electron chi connectivity index (χ1n) is 11.1. The van der Waals surface area contributed by atoms with E-state index in [2.05, 4.69) is 115 Å². The normalized spacial score (nSPS) is 13.3. The van der Waals surface area contributed by atoms with E-state index in [-0.39, 0.29) is 10.8 Å². The number of phenolic OH excluding ortho intramolecular Hbond substituents is 1. The summed E-state index contributed by atoms with van der Waals surface area (Å²) in [6.45, 7) is 15.3. The molecule has 0 spiro atoms. The lowest BCUT2D eigenvalue weighted by atomic mass is 9.76. The Kier molecular flexibility index (Phi) is 6.13. The molecule has 0 aliphatic carbocycles. The van der Waals surface area contributed by atoms with E-state index in [0.717, 1.165) is 17.5 Å². The van der Waals surface area contributed by atoms with Crippen LogP contribution in [0.4, 0.5) is 0 Å². The highest BCUT2D eigenvalue weighted by molar-refractivity contribution is 5.64. The predicted octanol–water partition coefficient (Wildman–Crippen LogP) is 8.20. The largest absolute Gasteiger partial charge is 0.507 e. The molecule has 3 aromatic carbocycles. The third-order valence-electron chi connectivity index (χ3n) is 5.98. The van der Waals surface area contributed by atoms with Gasteiger partial charge in [0, 0.05) is 5.92 Å². The van der Waals surface area contributed by atoms with E-state index in [1.807, 2.05) is 0 Å². The average Bonchev–Trinajstić information content (AvgIpc) is 2.69. The fourth-order valence-electron chi connectivity index (χ4n) is 4.20. The number of hydrogen-bond donors (Lipinski definition) is 1. The van der Waals surface area contributed by atoms with Gasteiger partial charge in [0.1, 0.15) is 5.75 Å². The summed E-state index contributed by atoms with van der Waals surface area (Å²) in [5.74, 6) is 0.755. The Morgan fingerprint density at radius 1 is 0.667 bits per heavy atom. The van der Waals surface area contributed by atoms with Crippen LogP contribution in [0.5, 0.6) is 5.75 Å². The Morgan fingerprint density at radius 3 is 1.57 bits per heavy atom. The third kappa shape index (κ3) is 4.61. The zero-order chi connectivity index (χ0) is 22.1. The Hall–Kier alpha value is -2.54. The second-order valence-corrected chi connectivity index (χ2v) is 10.4. The molecule has 0 fully saturated rings. The van der Waals surface area contributed by atoms with Gasteiger partial charge in [0.05, 0.1) is 0 Å². The van der Waals surface area contributed by atoms with E-state index in [9.17, 15) is 5.11 Å². The van der Waals surface area contributed by atoms with Crippen LogP contribution in [0.15, 0.2) is 66.7 Å². The fourth-order valence-corrected chi connectivity index (χ4v) is 4.20. The van der Waals surface area contributed by atoms with Gasteiger partial charge in [-0.05, 0) is 50.6 Å². The van der Waals surface area contributed by atoms with Crippen LogP contribution in [0.25, 0.3) is 11.1 Å². The maximum Gasteiger partial charge on any atom is 0.123 e. The molecule has 1 heteroatoms. The van der Waals surface area contributed by atoms with Crippen molar-refractivity contribution in [1.82, 2.24) is 0 Å². The first-order valence-corrected chi connectivity index (χ1v) is 11.1. The van der Waals surface area contributed by atoms with Gasteiger partial charge in [-0.2, -0.15) is 0 Å². The van der Waals surface area contributed by atoms with Crippen molar-refractivity contribution in [2.24, 2.45) is 0 Å². The molecule has 1 atom stereocenters. The topological polar surface area (TPSA) is 20.2 Å². The molecule has 0 aliphatic heterocycles. The van der Waals surface area contributed by atoms with Crippen molar-refractivity contribution in [3.05, 3.63) is 89.0 Å². The first-order chi connectivity index (χ1) is 14.0. The molecule has 1 N–H and O–H groups in total. The van der Waals surface area contributed by atoms with E-state index in [4.69, 9.17) is 0 Å². The van der Waals surface area contributed by atoms with Crippen molar-refractivity contribution in [1.29, 1.82) is 0 Å². The molecular formula is C29H36O. The lowest BCUT2D eigenvalue weighted by molar-refractivity contribution is 0.422. The van der Waals surface area contributed by atoms with Crippen LogP contribution in [0.2, 0.25) is 0 Å². The summed E-state index contributed by atoms with van der Waals surface area (Å²) in [7, 11) is 0. The third-order valence-corrected chi connectivity index (χ3v) is 5.98. The number of rotatable bonds is 4. The number of hydrogen-bond acceptors (Lipinski definition) is 1. The van der Waals surface area contributed by atoms with Crippen LogP contribution < -0.4 is 0 Å². The van der Waals surface area contributed by atoms with E-state index < -0.39 is 0 Å². The summed E-state index contributed by atoms with van der Waals surface area (Å²) in [6.07, 6.45) is 1.02. The molecule has 30 heavy (non-hydrogen) atoms. The van der Waals surface area contributed by atoms with Gasteiger partial charge in [-0.3, -0.25) is 0 Å². The van der Waals surface area contributed by atoms with Crippen LogP contribution in [-0.4, -0.2) is 5.11 Å². The molecular weight excluding hydrogens is 364 g/mol. The maximum atomic E-state index is 11.1. The predicted molar refractivity (Wildman–Crippen MR) is 130 cm³/mol. The Morgan fingerprint density at radius 2 is 1.13 bits per heavy atom. The van der Waals surface area contributed by atoms with Crippen LogP contribution >= 0.6 is 0 Å². The first kappa shape index (κ1) is 22.2. The van der Waals surface area contributed by atoms with Gasteiger partial charge < -0.3 is 5.11 Å². The van der Waals surface area contributed by atoms with E-state index in [0.29, 0.717) is 11.7 Å². The van der Waals surface area contributed by atoms with Crippen molar-refractivity contribution in [3.8, 4) is 16.9 Å². The van der Waals surface area contributed by atoms with Gasteiger partial charge >= 0.3 is 0 Å². The second-order valence-electron chi connectivity index (χ2n) is 10.4. The zero-order valence-corrected chi connectivity index (χ0v) is 19.6. The minimum Gasteiger partial charge on any atom is -0.507 e. The van der Waals surface area contributed by atoms with E-state index in [1.54, 1.807) is 0 Å². The van der Waals surface area contributed by atoms with Crippen molar-refractivity contribution in [2.75, 3.05) is 0 Å². The molecule has 0 saturated heterocycles. The molecule has 0 saturated carbocycles. The van der Waals surface area contributed by atoms with Gasteiger partial charge in [-0.1, -0.05) is 115 Å². The summed E-state index contributed by atoms with van der Waals surface area (Å²) in [6, 6.07) is 23.9. The van der Waals surface area contributed by atoms with Gasteiger partial charge in [-0.15, -0.1) is 0 Å².